The molecular weight excluding hydrogens is 350 g/mol. The summed E-state index contributed by atoms with van der Waals surface area (Å²) in [5.74, 6) is 0.484. The summed E-state index contributed by atoms with van der Waals surface area (Å²) in [6, 6.07) is 17.4. The predicted molar refractivity (Wildman–Crippen MR) is 113 cm³/mol. The Bertz CT molecular complexity index is 984. The average molecular weight is 375 g/mol. The topological polar surface area (TPSA) is 55.6 Å². The number of hydrogen-bond acceptors (Lipinski definition) is 3. The molecule has 3 aromatic rings. The van der Waals surface area contributed by atoms with Crippen molar-refractivity contribution in [1.29, 1.82) is 0 Å². The Morgan fingerprint density at radius 3 is 2.39 bits per heavy atom. The van der Waals surface area contributed by atoms with Crippen molar-refractivity contribution < 1.29 is 9.53 Å². The first-order valence-electron chi connectivity index (χ1n) is 9.32. The Morgan fingerprint density at radius 1 is 1.07 bits per heavy atom. The third-order valence-electron chi connectivity index (χ3n) is 4.56. The molecule has 1 heterocycles. The smallest absolute Gasteiger partial charge is 0.271 e. The summed E-state index contributed by atoms with van der Waals surface area (Å²) in [6.45, 7) is 8.69. The second-order valence-electron chi connectivity index (χ2n) is 6.65. The lowest BCUT2D eigenvalue weighted by Gasteiger charge is -2.09. The van der Waals surface area contributed by atoms with Gasteiger partial charge in [-0.2, -0.15) is 5.10 Å². The highest BCUT2D eigenvalue weighted by Gasteiger charge is 2.10. The second kappa shape index (κ2) is 8.57. The van der Waals surface area contributed by atoms with Crippen LogP contribution in [0.5, 0.6) is 5.75 Å². The van der Waals surface area contributed by atoms with Gasteiger partial charge < -0.3 is 9.30 Å². The maximum absolute atomic E-state index is 12.2. The third-order valence-corrected chi connectivity index (χ3v) is 4.56. The molecule has 0 fully saturated rings. The highest BCUT2D eigenvalue weighted by atomic mass is 16.5. The van der Waals surface area contributed by atoms with Crippen LogP contribution in [0.3, 0.4) is 0 Å². The summed E-state index contributed by atoms with van der Waals surface area (Å²) >= 11 is 0. The minimum Gasteiger partial charge on any atom is -0.494 e. The lowest BCUT2D eigenvalue weighted by molar-refractivity contribution is 0.0955. The number of ether oxygens (including phenoxy) is 1. The van der Waals surface area contributed by atoms with Gasteiger partial charge in [0.15, 0.2) is 0 Å². The molecule has 1 amide bonds. The summed E-state index contributed by atoms with van der Waals surface area (Å²) in [7, 11) is 0. The molecule has 144 valence electrons. The van der Waals surface area contributed by atoms with Crippen LogP contribution in [0, 0.1) is 20.8 Å². The van der Waals surface area contributed by atoms with E-state index in [2.05, 4.69) is 59.3 Å². The van der Waals surface area contributed by atoms with Crippen LogP contribution in [0.15, 0.2) is 59.7 Å². The number of hydrazone groups is 1. The van der Waals surface area contributed by atoms with Gasteiger partial charge in [-0.3, -0.25) is 4.79 Å². The molecule has 0 spiro atoms. The van der Waals surface area contributed by atoms with Crippen molar-refractivity contribution in [2.45, 2.75) is 27.7 Å². The maximum atomic E-state index is 12.2. The Morgan fingerprint density at radius 2 is 1.75 bits per heavy atom. The van der Waals surface area contributed by atoms with Gasteiger partial charge in [0, 0.05) is 28.2 Å². The van der Waals surface area contributed by atoms with E-state index in [9.17, 15) is 4.79 Å². The van der Waals surface area contributed by atoms with Crippen LogP contribution in [0.25, 0.3) is 5.69 Å². The SMILES string of the molecule is CCOc1ccc(C(=O)N/N=C/c2cc(C)n(-c3ccc(C)cc3)c2C)cc1. The van der Waals surface area contributed by atoms with E-state index in [4.69, 9.17) is 4.74 Å². The zero-order valence-electron chi connectivity index (χ0n) is 16.7. The zero-order valence-corrected chi connectivity index (χ0v) is 16.7. The summed E-state index contributed by atoms with van der Waals surface area (Å²) in [5, 5.41) is 4.13. The van der Waals surface area contributed by atoms with Crippen LogP contribution in [-0.4, -0.2) is 23.3 Å². The van der Waals surface area contributed by atoms with Gasteiger partial charge in [-0.1, -0.05) is 17.7 Å². The number of hydrogen-bond donors (Lipinski definition) is 1. The normalized spacial score (nSPS) is 11.0. The lowest BCUT2D eigenvalue weighted by Crippen LogP contribution is -2.17. The lowest BCUT2D eigenvalue weighted by atomic mass is 10.2. The van der Waals surface area contributed by atoms with E-state index in [0.29, 0.717) is 12.2 Å². The van der Waals surface area contributed by atoms with E-state index in [1.54, 1.807) is 30.5 Å². The summed E-state index contributed by atoms with van der Waals surface area (Å²) in [6.07, 6.45) is 1.68. The van der Waals surface area contributed by atoms with Crippen molar-refractivity contribution in [3.8, 4) is 11.4 Å². The largest absolute Gasteiger partial charge is 0.494 e. The van der Waals surface area contributed by atoms with Gasteiger partial charge in [-0.25, -0.2) is 5.43 Å². The van der Waals surface area contributed by atoms with E-state index in [1.165, 1.54) is 5.56 Å². The van der Waals surface area contributed by atoms with Gasteiger partial charge >= 0.3 is 0 Å². The molecule has 3 rings (SSSR count). The number of nitrogens with one attached hydrogen (secondary N) is 1. The Hall–Kier alpha value is -3.34. The number of amides is 1. The number of aryl methyl sites for hydroxylation is 2. The zero-order chi connectivity index (χ0) is 20.1. The van der Waals surface area contributed by atoms with E-state index >= 15 is 0 Å². The quantitative estimate of drug-likeness (QED) is 0.507. The van der Waals surface area contributed by atoms with Gasteiger partial charge in [0.2, 0.25) is 0 Å². The molecular formula is C23H25N3O2. The predicted octanol–water partition coefficient (Wildman–Crippen LogP) is 4.57. The van der Waals surface area contributed by atoms with Gasteiger partial charge in [0.1, 0.15) is 5.75 Å². The highest BCUT2D eigenvalue weighted by Crippen LogP contribution is 2.20. The first kappa shape index (κ1) is 19.4. The van der Waals surface area contributed by atoms with Crippen LogP contribution in [0.1, 0.15) is 39.8 Å². The third kappa shape index (κ3) is 4.31. The molecule has 0 atom stereocenters. The van der Waals surface area contributed by atoms with Crippen LogP contribution < -0.4 is 10.2 Å². The number of carbonyl (C=O) groups is 1. The average Bonchev–Trinajstić information content (AvgIpc) is 2.97. The molecule has 1 aromatic heterocycles. The Kier molecular flexibility index (Phi) is 5.94. The molecule has 1 N–H and O–H groups in total. The maximum Gasteiger partial charge on any atom is 0.271 e. The fourth-order valence-corrected chi connectivity index (χ4v) is 3.10. The molecule has 5 nitrogen and oxygen atoms in total. The van der Waals surface area contributed by atoms with E-state index in [1.807, 2.05) is 13.8 Å². The van der Waals surface area contributed by atoms with Crippen LogP contribution in [0.2, 0.25) is 0 Å². The first-order chi connectivity index (χ1) is 13.5. The molecule has 2 aromatic carbocycles. The monoisotopic (exact) mass is 375 g/mol. The molecule has 0 bridgehead atoms. The Labute approximate surface area is 165 Å². The summed E-state index contributed by atoms with van der Waals surface area (Å²) in [4.78, 5) is 12.2. The fourth-order valence-electron chi connectivity index (χ4n) is 3.10. The number of nitrogens with zero attached hydrogens (tertiary/aromatic N) is 2. The van der Waals surface area contributed by atoms with E-state index < -0.39 is 0 Å². The van der Waals surface area contributed by atoms with E-state index in [0.717, 1.165) is 28.4 Å². The number of rotatable bonds is 6. The molecule has 0 saturated carbocycles. The number of benzene rings is 2. The molecule has 0 radical (unpaired) electrons. The molecule has 0 aliphatic carbocycles. The minimum absolute atomic E-state index is 0.258. The molecule has 0 aliphatic rings. The molecule has 0 saturated heterocycles. The molecule has 0 unspecified atom stereocenters. The standard InChI is InChI=1S/C23H25N3O2/c1-5-28-22-12-8-19(9-13-22)23(27)25-24-15-20-14-17(3)26(18(20)4)21-10-6-16(2)7-11-21/h6-15H,5H2,1-4H3,(H,25,27)/b24-15+. The molecule has 5 heteroatoms. The van der Waals surface area contributed by atoms with Crippen molar-refractivity contribution in [3.63, 3.8) is 0 Å². The van der Waals surface area contributed by atoms with Gasteiger partial charge in [0.25, 0.3) is 5.91 Å². The molecule has 28 heavy (non-hydrogen) atoms. The van der Waals surface area contributed by atoms with Crippen LogP contribution in [0.4, 0.5) is 0 Å². The second-order valence-corrected chi connectivity index (χ2v) is 6.65. The molecule has 0 aliphatic heterocycles. The van der Waals surface area contributed by atoms with Gasteiger partial charge in [-0.15, -0.1) is 0 Å². The first-order valence-corrected chi connectivity index (χ1v) is 9.32. The fraction of sp³-hybridized carbons (Fsp3) is 0.217. The van der Waals surface area contributed by atoms with Crippen molar-refractivity contribution in [2.75, 3.05) is 6.61 Å². The number of aromatic nitrogens is 1. The number of carbonyl (C=O) groups excluding carboxylic acids is 1. The summed E-state index contributed by atoms with van der Waals surface area (Å²) < 4.78 is 7.56. The van der Waals surface area contributed by atoms with Crippen LogP contribution >= 0.6 is 0 Å². The highest BCUT2D eigenvalue weighted by molar-refractivity contribution is 5.95. The summed E-state index contributed by atoms with van der Waals surface area (Å²) in [5.41, 5.74) is 8.60. The van der Waals surface area contributed by atoms with Gasteiger partial charge in [0.05, 0.1) is 12.8 Å². The minimum atomic E-state index is -0.258. The van der Waals surface area contributed by atoms with Crippen molar-refractivity contribution in [3.05, 3.63) is 82.7 Å². The van der Waals surface area contributed by atoms with Crippen molar-refractivity contribution in [2.24, 2.45) is 5.10 Å². The van der Waals surface area contributed by atoms with Crippen LogP contribution in [-0.2, 0) is 0 Å². The van der Waals surface area contributed by atoms with Crippen molar-refractivity contribution in [1.82, 2.24) is 9.99 Å². The van der Waals surface area contributed by atoms with Gasteiger partial charge in [-0.05, 0) is 70.2 Å². The van der Waals surface area contributed by atoms with Crippen molar-refractivity contribution >= 4 is 12.1 Å². The Balaban J connectivity index is 1.71. The van der Waals surface area contributed by atoms with E-state index in [-0.39, 0.29) is 5.91 Å².